The molecule has 1 rings (SSSR count). The number of amides is 2. The van der Waals surface area contributed by atoms with Crippen LogP contribution in [0.3, 0.4) is 0 Å². The van der Waals surface area contributed by atoms with Crippen LogP contribution in [0, 0.1) is 0 Å². The Morgan fingerprint density at radius 1 is 0.960 bits per heavy atom. The van der Waals surface area contributed by atoms with E-state index in [2.05, 4.69) is 4.74 Å². The Morgan fingerprint density at radius 3 is 1.88 bits per heavy atom. The minimum absolute atomic E-state index is 0.111. The number of esters is 1. The number of hydrazine groups is 1. The lowest BCUT2D eigenvalue weighted by Crippen LogP contribution is -2.64. The highest BCUT2D eigenvalue weighted by atomic mass is 16.6. The van der Waals surface area contributed by atoms with Crippen LogP contribution in [-0.4, -0.2) is 64.9 Å². The van der Waals surface area contributed by atoms with Gasteiger partial charge in [0.2, 0.25) is 6.04 Å². The van der Waals surface area contributed by atoms with Crippen LogP contribution >= 0.6 is 0 Å². The quantitative estimate of drug-likeness (QED) is 0.400. The van der Waals surface area contributed by atoms with Gasteiger partial charge in [-0.1, -0.05) is 0 Å². The normalized spacial score (nSPS) is 18.7. The van der Waals surface area contributed by atoms with Gasteiger partial charge in [-0.2, -0.15) is 5.01 Å². The van der Waals surface area contributed by atoms with Gasteiger partial charge in [-0.15, -0.1) is 0 Å². The maximum absolute atomic E-state index is 12.6. The van der Waals surface area contributed by atoms with Crippen molar-refractivity contribution in [2.45, 2.75) is 65.2 Å². The van der Waals surface area contributed by atoms with Gasteiger partial charge in [0.15, 0.2) is 5.78 Å². The molecular formula is C16H26N2O7. The lowest BCUT2D eigenvalue weighted by Gasteiger charge is -2.41. The average molecular weight is 358 g/mol. The molecule has 0 aromatic heterocycles. The molecule has 0 aromatic rings. The third-order valence-corrected chi connectivity index (χ3v) is 2.99. The summed E-state index contributed by atoms with van der Waals surface area (Å²) in [6.07, 6.45) is -1.99. The van der Waals surface area contributed by atoms with Gasteiger partial charge in [0, 0.05) is 6.42 Å². The molecule has 1 atom stereocenters. The largest absolute Gasteiger partial charge is 0.467 e. The van der Waals surface area contributed by atoms with Crippen LogP contribution in [0.1, 0.15) is 48.0 Å². The Labute approximate surface area is 147 Å². The predicted octanol–water partition coefficient (Wildman–Crippen LogP) is 1.89. The number of hydrogen-bond donors (Lipinski definition) is 0. The summed E-state index contributed by atoms with van der Waals surface area (Å²) in [7, 11) is 1.09. The van der Waals surface area contributed by atoms with Crippen molar-refractivity contribution in [2.24, 2.45) is 0 Å². The highest BCUT2D eigenvalue weighted by Crippen LogP contribution is 2.23. The first-order chi connectivity index (χ1) is 11.3. The van der Waals surface area contributed by atoms with Crippen molar-refractivity contribution in [2.75, 3.05) is 13.7 Å². The first kappa shape index (κ1) is 20.7. The number of ketones is 1. The van der Waals surface area contributed by atoms with E-state index in [9.17, 15) is 19.2 Å². The van der Waals surface area contributed by atoms with Crippen LogP contribution in [0.5, 0.6) is 0 Å². The number of rotatable bonds is 1. The molecule has 0 spiro atoms. The zero-order valence-corrected chi connectivity index (χ0v) is 15.7. The minimum atomic E-state index is -1.60. The summed E-state index contributed by atoms with van der Waals surface area (Å²) in [6, 6.07) is -1.60. The number of nitrogens with zero attached hydrogens (tertiary/aromatic N) is 2. The number of methoxy groups -OCH3 is 1. The number of carbonyl (C=O) groups excluding carboxylic acids is 4. The fraction of sp³-hybridized carbons (Fsp3) is 0.750. The molecule has 1 saturated heterocycles. The van der Waals surface area contributed by atoms with Crippen molar-refractivity contribution in [3.8, 4) is 0 Å². The minimum Gasteiger partial charge on any atom is -0.467 e. The predicted molar refractivity (Wildman–Crippen MR) is 86.4 cm³/mol. The molecule has 1 unspecified atom stereocenters. The van der Waals surface area contributed by atoms with E-state index in [0.29, 0.717) is 5.01 Å². The first-order valence-electron chi connectivity index (χ1n) is 7.90. The molecule has 1 aliphatic heterocycles. The van der Waals surface area contributed by atoms with Crippen LogP contribution in [0.15, 0.2) is 0 Å². The number of ether oxygens (including phenoxy) is 3. The number of Topliss-reactive ketones (excluding diaryl/α,β-unsaturated/α-hetero) is 1. The van der Waals surface area contributed by atoms with Crippen LogP contribution in [0.2, 0.25) is 0 Å². The van der Waals surface area contributed by atoms with Gasteiger partial charge in [-0.05, 0) is 41.5 Å². The maximum atomic E-state index is 12.6. The summed E-state index contributed by atoms with van der Waals surface area (Å²) in [6.45, 7) is 9.76. The monoisotopic (exact) mass is 358 g/mol. The zero-order valence-electron chi connectivity index (χ0n) is 15.7. The Morgan fingerprint density at radius 2 is 1.44 bits per heavy atom. The molecule has 0 radical (unpaired) electrons. The molecule has 1 fully saturated rings. The SMILES string of the molecule is COC(=O)C1C(=O)CCN(C(=O)OC(C)(C)C)N1C(=O)OC(C)(C)C. The van der Waals surface area contributed by atoms with E-state index in [1.807, 2.05) is 0 Å². The second-order valence-electron chi connectivity index (χ2n) is 7.57. The van der Waals surface area contributed by atoms with Gasteiger partial charge in [-0.3, -0.25) is 4.79 Å². The van der Waals surface area contributed by atoms with Crippen molar-refractivity contribution in [3.05, 3.63) is 0 Å². The van der Waals surface area contributed by atoms with Crippen molar-refractivity contribution in [1.82, 2.24) is 10.0 Å². The topological polar surface area (TPSA) is 102 Å². The van der Waals surface area contributed by atoms with Crippen LogP contribution in [0.4, 0.5) is 9.59 Å². The van der Waals surface area contributed by atoms with Crippen molar-refractivity contribution in [1.29, 1.82) is 0 Å². The fourth-order valence-corrected chi connectivity index (χ4v) is 2.09. The van der Waals surface area contributed by atoms with Crippen LogP contribution in [-0.2, 0) is 23.8 Å². The fourth-order valence-electron chi connectivity index (χ4n) is 2.09. The molecule has 2 amide bonds. The molecule has 0 aromatic carbocycles. The number of hydrogen-bond acceptors (Lipinski definition) is 7. The summed E-state index contributed by atoms with van der Waals surface area (Å²) >= 11 is 0. The molecular weight excluding hydrogens is 332 g/mol. The molecule has 25 heavy (non-hydrogen) atoms. The first-order valence-corrected chi connectivity index (χ1v) is 7.90. The van der Waals surface area contributed by atoms with Gasteiger partial charge in [0.05, 0.1) is 13.7 Å². The summed E-state index contributed by atoms with van der Waals surface area (Å²) in [4.78, 5) is 49.3. The van der Waals surface area contributed by atoms with Crippen molar-refractivity contribution < 1.29 is 33.4 Å². The maximum Gasteiger partial charge on any atom is 0.430 e. The Balaban J connectivity index is 3.24. The van der Waals surface area contributed by atoms with E-state index in [0.717, 1.165) is 12.1 Å². The Bertz CT molecular complexity index is 552. The van der Waals surface area contributed by atoms with Crippen LogP contribution < -0.4 is 0 Å². The van der Waals surface area contributed by atoms with E-state index in [4.69, 9.17) is 9.47 Å². The molecule has 1 heterocycles. The highest BCUT2D eigenvalue weighted by molar-refractivity contribution is 6.06. The summed E-state index contributed by atoms with van der Waals surface area (Å²) in [5.74, 6) is -1.50. The second kappa shape index (κ2) is 7.28. The van der Waals surface area contributed by atoms with Gasteiger partial charge >= 0.3 is 18.2 Å². The molecule has 1 aliphatic rings. The summed E-state index contributed by atoms with van der Waals surface area (Å²) in [5.41, 5.74) is -1.71. The molecule has 0 saturated carbocycles. The summed E-state index contributed by atoms with van der Waals surface area (Å²) in [5, 5.41) is 1.58. The third-order valence-electron chi connectivity index (χ3n) is 2.99. The third kappa shape index (κ3) is 5.61. The van der Waals surface area contributed by atoms with Gasteiger partial charge in [0.25, 0.3) is 0 Å². The Hall–Kier alpha value is -2.32. The molecule has 0 bridgehead atoms. The van der Waals surface area contributed by atoms with Crippen LogP contribution in [0.25, 0.3) is 0 Å². The lowest BCUT2D eigenvalue weighted by atomic mass is 10.1. The van der Waals surface area contributed by atoms with E-state index >= 15 is 0 Å². The van der Waals surface area contributed by atoms with E-state index in [1.165, 1.54) is 0 Å². The highest BCUT2D eigenvalue weighted by Gasteiger charge is 2.48. The Kier molecular flexibility index (Phi) is 6.04. The summed E-state index contributed by atoms with van der Waals surface area (Å²) < 4.78 is 15.1. The molecule has 9 heteroatoms. The van der Waals surface area contributed by atoms with E-state index in [-0.39, 0.29) is 13.0 Å². The van der Waals surface area contributed by atoms with E-state index in [1.54, 1.807) is 41.5 Å². The average Bonchev–Trinajstić information content (AvgIpc) is 2.42. The van der Waals surface area contributed by atoms with E-state index < -0.39 is 41.2 Å². The second-order valence-corrected chi connectivity index (χ2v) is 7.57. The zero-order chi connectivity index (χ0) is 19.6. The lowest BCUT2D eigenvalue weighted by molar-refractivity contribution is -0.164. The number of carbonyl (C=O) groups is 4. The van der Waals surface area contributed by atoms with Gasteiger partial charge < -0.3 is 14.2 Å². The van der Waals surface area contributed by atoms with Gasteiger partial charge in [-0.25, -0.2) is 19.4 Å². The molecule has 142 valence electrons. The molecule has 0 aliphatic carbocycles. The van der Waals surface area contributed by atoms with Crippen molar-refractivity contribution in [3.63, 3.8) is 0 Å². The van der Waals surface area contributed by atoms with Gasteiger partial charge in [0.1, 0.15) is 11.2 Å². The standard InChI is InChI=1S/C16H26N2O7/c1-15(2,3)24-13(21)17-9-8-10(19)11(12(20)23-7)18(17)14(22)25-16(4,5)6/h11H,8-9H2,1-7H3. The molecule has 9 nitrogen and oxygen atoms in total. The van der Waals surface area contributed by atoms with Crippen molar-refractivity contribution >= 4 is 23.9 Å². The molecule has 0 N–H and O–H groups in total. The smallest absolute Gasteiger partial charge is 0.430 e.